The number of carbonyl (C=O) groups excluding carboxylic acids is 3. The lowest BCUT2D eigenvalue weighted by atomic mass is 9.83. The van der Waals surface area contributed by atoms with Crippen molar-refractivity contribution in [2.45, 2.75) is 83.8 Å². The molecule has 1 saturated carbocycles. The summed E-state index contributed by atoms with van der Waals surface area (Å²) in [5.41, 5.74) is 2.23. The van der Waals surface area contributed by atoms with Gasteiger partial charge in [0.05, 0.1) is 0 Å². The molecule has 3 amide bonds. The van der Waals surface area contributed by atoms with Crippen LogP contribution in [-0.2, 0) is 4.79 Å². The molecule has 2 N–H and O–H groups in total. The number of hydrogen-bond donors (Lipinski definition) is 2. The van der Waals surface area contributed by atoms with Gasteiger partial charge in [0, 0.05) is 56.0 Å². The van der Waals surface area contributed by atoms with Gasteiger partial charge in [-0.15, -0.1) is 0 Å². The molecule has 0 spiro atoms. The largest absolute Gasteiger partial charge is 0.489 e. The molecule has 2 aromatic rings. The minimum atomic E-state index is -0.590. The SMILES string of the molecule is CC(=O)Nc1cc(F)cc(C(=O)N2CCN(C(=O)c3ccc(O[C@H]4CCNC4)c(C4CCCCC4)c3)[C@@H](CC(C)C)C2)c1. The quantitative estimate of drug-likeness (QED) is 0.417. The van der Waals surface area contributed by atoms with Crippen molar-refractivity contribution in [1.29, 1.82) is 0 Å². The molecule has 43 heavy (non-hydrogen) atoms. The molecule has 0 bridgehead atoms. The number of ether oxygens (including phenoxy) is 1. The Labute approximate surface area is 254 Å². The fraction of sp³-hybridized carbons (Fsp3) is 0.559. The van der Waals surface area contributed by atoms with E-state index in [1.807, 2.05) is 17.0 Å². The van der Waals surface area contributed by atoms with Gasteiger partial charge < -0.3 is 25.2 Å². The van der Waals surface area contributed by atoms with Crippen molar-refractivity contribution < 1.29 is 23.5 Å². The molecule has 9 heteroatoms. The van der Waals surface area contributed by atoms with Gasteiger partial charge in [0.1, 0.15) is 17.7 Å². The fourth-order valence-corrected chi connectivity index (χ4v) is 6.82. The van der Waals surface area contributed by atoms with Crippen molar-refractivity contribution in [3.63, 3.8) is 0 Å². The topological polar surface area (TPSA) is 91.0 Å². The smallest absolute Gasteiger partial charge is 0.254 e. The van der Waals surface area contributed by atoms with E-state index in [9.17, 15) is 18.8 Å². The zero-order valence-corrected chi connectivity index (χ0v) is 25.7. The predicted octanol–water partition coefficient (Wildman–Crippen LogP) is 5.59. The predicted molar refractivity (Wildman–Crippen MR) is 165 cm³/mol. The third-order valence-corrected chi connectivity index (χ3v) is 8.85. The van der Waals surface area contributed by atoms with Gasteiger partial charge in [0.15, 0.2) is 0 Å². The summed E-state index contributed by atoms with van der Waals surface area (Å²) in [4.78, 5) is 42.7. The van der Waals surface area contributed by atoms with E-state index < -0.39 is 5.82 Å². The van der Waals surface area contributed by atoms with Crippen LogP contribution in [0.1, 0.15) is 97.9 Å². The second-order valence-electron chi connectivity index (χ2n) is 12.8. The number of nitrogens with one attached hydrogen (secondary N) is 2. The molecule has 1 aliphatic carbocycles. The minimum Gasteiger partial charge on any atom is -0.489 e. The Hall–Kier alpha value is -3.46. The van der Waals surface area contributed by atoms with Gasteiger partial charge in [-0.1, -0.05) is 33.1 Å². The van der Waals surface area contributed by atoms with Crippen LogP contribution in [0.5, 0.6) is 5.75 Å². The zero-order chi connectivity index (χ0) is 30.5. The van der Waals surface area contributed by atoms with E-state index in [-0.39, 0.29) is 41.1 Å². The summed E-state index contributed by atoms with van der Waals surface area (Å²) in [5, 5.41) is 5.93. The first kappa shape index (κ1) is 31.0. The maximum absolute atomic E-state index is 14.3. The summed E-state index contributed by atoms with van der Waals surface area (Å²) >= 11 is 0. The Morgan fingerprint density at radius 2 is 1.79 bits per heavy atom. The van der Waals surface area contributed by atoms with Crippen LogP contribution in [0.15, 0.2) is 36.4 Å². The summed E-state index contributed by atoms with van der Waals surface area (Å²) in [7, 11) is 0. The second kappa shape index (κ2) is 13.9. The molecule has 0 radical (unpaired) electrons. The number of amides is 3. The van der Waals surface area contributed by atoms with E-state index in [2.05, 4.69) is 30.5 Å². The third kappa shape index (κ3) is 7.74. The fourth-order valence-electron chi connectivity index (χ4n) is 6.82. The average Bonchev–Trinajstić information content (AvgIpc) is 3.49. The molecule has 2 atom stereocenters. The Kier molecular flexibility index (Phi) is 10.0. The molecule has 8 nitrogen and oxygen atoms in total. The van der Waals surface area contributed by atoms with E-state index in [0.29, 0.717) is 37.0 Å². The number of hydrogen-bond acceptors (Lipinski definition) is 5. The molecule has 232 valence electrons. The molecule has 2 heterocycles. The van der Waals surface area contributed by atoms with E-state index in [1.54, 1.807) is 4.90 Å². The molecule has 2 saturated heterocycles. The Bertz CT molecular complexity index is 1320. The average molecular weight is 593 g/mol. The first-order valence-corrected chi connectivity index (χ1v) is 15.9. The molecule has 3 aliphatic rings. The minimum absolute atomic E-state index is 0.0254. The lowest BCUT2D eigenvalue weighted by Gasteiger charge is -2.42. The zero-order valence-electron chi connectivity index (χ0n) is 25.7. The molecule has 5 rings (SSSR count). The number of piperazine rings is 1. The third-order valence-electron chi connectivity index (χ3n) is 8.85. The Morgan fingerprint density at radius 3 is 2.49 bits per heavy atom. The second-order valence-corrected chi connectivity index (χ2v) is 12.8. The number of nitrogens with zero attached hydrogens (tertiary/aromatic N) is 2. The van der Waals surface area contributed by atoms with Crippen molar-refractivity contribution in [2.75, 3.05) is 38.0 Å². The van der Waals surface area contributed by atoms with Crippen LogP contribution in [0.2, 0.25) is 0 Å². The van der Waals surface area contributed by atoms with Gasteiger partial charge in [-0.05, 0) is 86.0 Å². The maximum Gasteiger partial charge on any atom is 0.254 e. The van der Waals surface area contributed by atoms with Crippen molar-refractivity contribution >= 4 is 23.4 Å². The van der Waals surface area contributed by atoms with Crippen LogP contribution in [0.25, 0.3) is 0 Å². The first-order chi connectivity index (χ1) is 20.7. The summed E-state index contributed by atoms with van der Waals surface area (Å²) in [6.45, 7) is 8.46. The Balaban J connectivity index is 1.36. The molecular formula is C34H45FN4O4. The lowest BCUT2D eigenvalue weighted by molar-refractivity contribution is -0.114. The highest BCUT2D eigenvalue weighted by molar-refractivity contribution is 5.98. The molecule has 2 aromatic carbocycles. The van der Waals surface area contributed by atoms with Gasteiger partial charge >= 0.3 is 0 Å². The summed E-state index contributed by atoms with van der Waals surface area (Å²) in [5.74, 6) is 0.337. The number of anilines is 1. The summed E-state index contributed by atoms with van der Waals surface area (Å²) < 4.78 is 20.8. The van der Waals surface area contributed by atoms with Crippen molar-refractivity contribution in [3.05, 3.63) is 58.9 Å². The van der Waals surface area contributed by atoms with Gasteiger partial charge in [-0.2, -0.15) is 0 Å². The van der Waals surface area contributed by atoms with Crippen LogP contribution < -0.4 is 15.4 Å². The van der Waals surface area contributed by atoms with E-state index >= 15 is 0 Å². The summed E-state index contributed by atoms with van der Waals surface area (Å²) in [6, 6.07) is 9.67. The molecular weight excluding hydrogens is 547 g/mol. The van der Waals surface area contributed by atoms with Crippen molar-refractivity contribution in [3.8, 4) is 5.75 Å². The van der Waals surface area contributed by atoms with Crippen LogP contribution in [0, 0.1) is 11.7 Å². The van der Waals surface area contributed by atoms with Gasteiger partial charge in [-0.25, -0.2) is 4.39 Å². The van der Waals surface area contributed by atoms with E-state index in [1.165, 1.54) is 44.4 Å². The highest BCUT2D eigenvalue weighted by atomic mass is 19.1. The number of carbonyl (C=O) groups is 3. The van der Waals surface area contributed by atoms with Gasteiger partial charge in [0.25, 0.3) is 11.8 Å². The van der Waals surface area contributed by atoms with Crippen molar-refractivity contribution in [1.82, 2.24) is 15.1 Å². The normalized spacial score (nSPS) is 21.2. The molecule has 2 aliphatic heterocycles. The molecule has 0 unspecified atom stereocenters. The molecule has 0 aromatic heterocycles. The van der Waals surface area contributed by atoms with Crippen LogP contribution in [-0.4, -0.2) is 72.4 Å². The first-order valence-electron chi connectivity index (χ1n) is 15.9. The highest BCUT2D eigenvalue weighted by Gasteiger charge is 2.34. The van der Waals surface area contributed by atoms with E-state index in [0.717, 1.165) is 50.1 Å². The van der Waals surface area contributed by atoms with Gasteiger partial charge in [-0.3, -0.25) is 14.4 Å². The summed E-state index contributed by atoms with van der Waals surface area (Å²) in [6.07, 6.45) is 7.72. The standard InChI is InChI=1S/C34H45FN4O4/c1-22(2)15-29-21-38(33(41)26-16-27(35)19-28(17-26)37-23(3)40)13-14-39(29)34(42)25-9-10-32(43-30-11-12-36-20-30)31(18-25)24-7-5-4-6-8-24/h9-10,16-19,22,24,29-30,36H,4-8,11-15,20-21H2,1-3H3,(H,37,40)/t29-,30-/m0/s1. The van der Waals surface area contributed by atoms with Crippen LogP contribution in [0.4, 0.5) is 10.1 Å². The number of rotatable bonds is 8. The van der Waals surface area contributed by atoms with Crippen molar-refractivity contribution in [2.24, 2.45) is 5.92 Å². The van der Waals surface area contributed by atoms with Gasteiger partial charge in [0.2, 0.25) is 5.91 Å². The monoisotopic (exact) mass is 592 g/mol. The van der Waals surface area contributed by atoms with Crippen LogP contribution >= 0.6 is 0 Å². The lowest BCUT2D eigenvalue weighted by Crippen LogP contribution is -2.57. The Morgan fingerprint density at radius 1 is 1.00 bits per heavy atom. The van der Waals surface area contributed by atoms with Crippen LogP contribution in [0.3, 0.4) is 0 Å². The maximum atomic E-state index is 14.3. The number of halogens is 1. The van der Waals surface area contributed by atoms with E-state index in [4.69, 9.17) is 4.74 Å². The highest BCUT2D eigenvalue weighted by Crippen LogP contribution is 2.39. The number of benzene rings is 2. The molecule has 3 fully saturated rings.